The molecule has 5 nitrogen and oxygen atoms in total. The number of carbonyl (C=O) groups excluding carboxylic acids is 2. The van der Waals surface area contributed by atoms with Crippen molar-refractivity contribution < 1.29 is 9.59 Å². The lowest BCUT2D eigenvalue weighted by molar-refractivity contribution is -0.119. The molecule has 0 unspecified atom stereocenters. The molecule has 3 amide bonds. The molecule has 0 atom stereocenters. The van der Waals surface area contributed by atoms with Gasteiger partial charge in [0.25, 0.3) is 0 Å². The van der Waals surface area contributed by atoms with Crippen LogP contribution in [-0.4, -0.2) is 48.4 Å². The van der Waals surface area contributed by atoms with Gasteiger partial charge in [0.05, 0.1) is 0 Å². The van der Waals surface area contributed by atoms with Gasteiger partial charge in [-0.3, -0.25) is 4.79 Å². The van der Waals surface area contributed by atoms with E-state index in [9.17, 15) is 9.59 Å². The van der Waals surface area contributed by atoms with Gasteiger partial charge in [-0.2, -0.15) is 0 Å². The number of hydrogen-bond donors (Lipinski definition) is 1. The minimum Gasteiger partial charge on any atom is -0.342 e. The Morgan fingerprint density at radius 2 is 2.00 bits per heavy atom. The third-order valence-corrected chi connectivity index (χ3v) is 3.67. The van der Waals surface area contributed by atoms with E-state index in [1.165, 1.54) is 0 Å². The monoisotopic (exact) mass is 325 g/mol. The lowest BCUT2D eigenvalue weighted by atomic mass is 10.2. The van der Waals surface area contributed by atoms with Crippen LogP contribution in [-0.2, 0) is 4.79 Å². The van der Waals surface area contributed by atoms with Crippen LogP contribution in [0, 0.1) is 6.92 Å². The van der Waals surface area contributed by atoms with Gasteiger partial charge in [0.15, 0.2) is 0 Å². The molecule has 1 fully saturated rings. The highest BCUT2D eigenvalue weighted by molar-refractivity contribution is 9.10. The predicted octanol–water partition coefficient (Wildman–Crippen LogP) is 2.06. The quantitative estimate of drug-likeness (QED) is 0.846. The van der Waals surface area contributed by atoms with E-state index in [-0.39, 0.29) is 6.03 Å². The Morgan fingerprint density at radius 1 is 1.32 bits per heavy atom. The summed E-state index contributed by atoms with van der Waals surface area (Å²) in [7, 11) is 0. The maximum absolute atomic E-state index is 12.1. The fourth-order valence-electron chi connectivity index (χ4n) is 1.99. The fourth-order valence-corrected chi connectivity index (χ4v) is 2.47. The van der Waals surface area contributed by atoms with Crippen molar-refractivity contribution in [2.24, 2.45) is 0 Å². The van der Waals surface area contributed by atoms with Crippen molar-refractivity contribution in [3.8, 4) is 0 Å². The van der Waals surface area contributed by atoms with Crippen molar-refractivity contribution in [2.45, 2.75) is 6.92 Å². The Balaban J connectivity index is 1.96. The summed E-state index contributed by atoms with van der Waals surface area (Å²) in [4.78, 5) is 26.1. The Labute approximate surface area is 120 Å². The summed E-state index contributed by atoms with van der Waals surface area (Å²) in [6.45, 7) is 4.28. The second-order valence-corrected chi connectivity index (χ2v) is 5.43. The molecule has 2 rings (SSSR count). The Bertz CT molecular complexity index is 485. The number of nitrogens with zero attached hydrogens (tertiary/aromatic N) is 2. The standard InChI is InChI=1S/C13H16BrN3O2/c1-10-8-11(14)2-3-12(10)15-13(19)17-6-4-16(9-18)5-7-17/h2-3,8-9H,4-7H2,1H3,(H,15,19). The van der Waals surface area contributed by atoms with Crippen molar-refractivity contribution in [2.75, 3.05) is 31.5 Å². The van der Waals surface area contributed by atoms with Gasteiger partial charge in [0.2, 0.25) is 6.41 Å². The van der Waals surface area contributed by atoms with Crippen molar-refractivity contribution in [3.05, 3.63) is 28.2 Å². The average molecular weight is 326 g/mol. The molecule has 1 heterocycles. The molecule has 1 saturated heterocycles. The van der Waals surface area contributed by atoms with Gasteiger partial charge in [-0.05, 0) is 30.7 Å². The molecule has 0 saturated carbocycles. The maximum atomic E-state index is 12.1. The van der Waals surface area contributed by atoms with Crippen LogP contribution in [0.3, 0.4) is 0 Å². The number of anilines is 1. The third kappa shape index (κ3) is 3.47. The summed E-state index contributed by atoms with van der Waals surface area (Å²) in [5, 5.41) is 2.90. The predicted molar refractivity (Wildman–Crippen MR) is 77.1 cm³/mol. The molecule has 0 bridgehead atoms. The van der Waals surface area contributed by atoms with Crippen molar-refractivity contribution >= 4 is 34.1 Å². The Kier molecular flexibility index (Phi) is 4.42. The zero-order valence-corrected chi connectivity index (χ0v) is 12.3. The minimum atomic E-state index is -0.115. The first-order valence-electron chi connectivity index (χ1n) is 6.11. The van der Waals surface area contributed by atoms with Gasteiger partial charge in [-0.1, -0.05) is 15.9 Å². The number of halogens is 1. The number of amides is 3. The van der Waals surface area contributed by atoms with Gasteiger partial charge in [0, 0.05) is 36.3 Å². The number of carbonyl (C=O) groups is 2. The third-order valence-electron chi connectivity index (χ3n) is 3.18. The van der Waals surface area contributed by atoms with Crippen LogP contribution < -0.4 is 5.32 Å². The Hall–Kier alpha value is -1.56. The molecular formula is C13H16BrN3O2. The molecule has 1 aliphatic rings. The summed E-state index contributed by atoms with van der Waals surface area (Å²) in [5.74, 6) is 0. The molecule has 1 aliphatic heterocycles. The van der Waals surface area contributed by atoms with Gasteiger partial charge < -0.3 is 15.1 Å². The molecule has 1 aromatic rings. The zero-order chi connectivity index (χ0) is 13.8. The molecule has 0 radical (unpaired) electrons. The first-order valence-corrected chi connectivity index (χ1v) is 6.91. The second kappa shape index (κ2) is 6.06. The van der Waals surface area contributed by atoms with E-state index in [2.05, 4.69) is 21.2 Å². The molecule has 6 heteroatoms. The van der Waals surface area contributed by atoms with E-state index in [0.29, 0.717) is 26.2 Å². The van der Waals surface area contributed by atoms with Gasteiger partial charge in [-0.25, -0.2) is 4.79 Å². The molecule has 0 spiro atoms. The van der Waals surface area contributed by atoms with E-state index in [0.717, 1.165) is 22.1 Å². The largest absolute Gasteiger partial charge is 0.342 e. The molecule has 0 aromatic heterocycles. The summed E-state index contributed by atoms with van der Waals surface area (Å²) in [5.41, 5.74) is 1.82. The molecule has 102 valence electrons. The van der Waals surface area contributed by atoms with E-state index in [1.807, 2.05) is 25.1 Å². The second-order valence-electron chi connectivity index (χ2n) is 4.52. The highest BCUT2D eigenvalue weighted by Crippen LogP contribution is 2.20. The zero-order valence-electron chi connectivity index (χ0n) is 10.7. The van der Waals surface area contributed by atoms with E-state index in [4.69, 9.17) is 0 Å². The van der Waals surface area contributed by atoms with Crippen LogP contribution in [0.15, 0.2) is 22.7 Å². The maximum Gasteiger partial charge on any atom is 0.321 e. The SMILES string of the molecule is Cc1cc(Br)ccc1NC(=O)N1CCN(C=O)CC1. The van der Waals surface area contributed by atoms with Crippen LogP contribution in [0.25, 0.3) is 0 Å². The van der Waals surface area contributed by atoms with E-state index >= 15 is 0 Å². The molecule has 19 heavy (non-hydrogen) atoms. The summed E-state index contributed by atoms with van der Waals surface area (Å²) in [6, 6.07) is 5.61. The van der Waals surface area contributed by atoms with Gasteiger partial charge in [-0.15, -0.1) is 0 Å². The first kappa shape index (κ1) is 13.9. The molecule has 1 N–H and O–H groups in total. The highest BCUT2D eigenvalue weighted by atomic mass is 79.9. The summed E-state index contributed by atoms with van der Waals surface area (Å²) >= 11 is 3.39. The first-order chi connectivity index (χ1) is 9.10. The highest BCUT2D eigenvalue weighted by Gasteiger charge is 2.20. The van der Waals surface area contributed by atoms with Crippen LogP contribution in [0.4, 0.5) is 10.5 Å². The van der Waals surface area contributed by atoms with Gasteiger partial charge >= 0.3 is 6.03 Å². The number of benzene rings is 1. The van der Waals surface area contributed by atoms with Crippen LogP contribution in [0.5, 0.6) is 0 Å². The number of aryl methyl sites for hydroxylation is 1. The lowest BCUT2D eigenvalue weighted by Crippen LogP contribution is -2.49. The van der Waals surface area contributed by atoms with Crippen LogP contribution >= 0.6 is 15.9 Å². The summed E-state index contributed by atoms with van der Waals surface area (Å²) < 4.78 is 0.989. The molecular weight excluding hydrogens is 310 g/mol. The van der Waals surface area contributed by atoms with Crippen molar-refractivity contribution in [1.82, 2.24) is 9.80 Å². The lowest BCUT2D eigenvalue weighted by Gasteiger charge is -2.32. The number of rotatable bonds is 2. The molecule has 0 aliphatic carbocycles. The number of hydrogen-bond acceptors (Lipinski definition) is 2. The van der Waals surface area contributed by atoms with Crippen LogP contribution in [0.2, 0.25) is 0 Å². The number of urea groups is 1. The normalized spacial score (nSPS) is 15.3. The van der Waals surface area contributed by atoms with E-state index in [1.54, 1.807) is 9.80 Å². The number of nitrogens with one attached hydrogen (secondary N) is 1. The minimum absolute atomic E-state index is 0.115. The smallest absolute Gasteiger partial charge is 0.321 e. The van der Waals surface area contributed by atoms with Gasteiger partial charge in [0.1, 0.15) is 0 Å². The number of piperazine rings is 1. The summed E-state index contributed by atoms with van der Waals surface area (Å²) in [6.07, 6.45) is 0.827. The van der Waals surface area contributed by atoms with Crippen molar-refractivity contribution in [3.63, 3.8) is 0 Å². The topological polar surface area (TPSA) is 52.7 Å². The van der Waals surface area contributed by atoms with E-state index < -0.39 is 0 Å². The van der Waals surface area contributed by atoms with Crippen LogP contribution in [0.1, 0.15) is 5.56 Å². The van der Waals surface area contributed by atoms with Crippen molar-refractivity contribution in [1.29, 1.82) is 0 Å². The molecule has 1 aromatic carbocycles. The Morgan fingerprint density at radius 3 is 2.58 bits per heavy atom. The fraction of sp³-hybridized carbons (Fsp3) is 0.385. The average Bonchev–Trinajstić information content (AvgIpc) is 2.42.